The molecule has 0 aromatic heterocycles. The highest BCUT2D eigenvalue weighted by Crippen LogP contribution is 2.24. The van der Waals surface area contributed by atoms with E-state index in [1.165, 1.54) is 0 Å². The van der Waals surface area contributed by atoms with Gasteiger partial charge in [-0.2, -0.15) is 0 Å². The Labute approximate surface area is 175 Å². The average molecular weight is 413 g/mol. The number of benzene rings is 2. The Morgan fingerprint density at radius 3 is 2.47 bits per heavy atom. The van der Waals surface area contributed by atoms with E-state index in [1.807, 2.05) is 30.3 Å². The highest BCUT2D eigenvalue weighted by atomic mass is 16.5. The van der Waals surface area contributed by atoms with Crippen LogP contribution in [0.4, 0.5) is 11.4 Å². The molecule has 3 rings (SSSR count). The Morgan fingerprint density at radius 2 is 1.80 bits per heavy atom. The summed E-state index contributed by atoms with van der Waals surface area (Å²) in [7, 11) is 1.61. The number of primary amides is 1. The number of nitrogens with zero attached hydrogens (tertiary/aromatic N) is 1. The monoisotopic (exact) mass is 413 g/mol. The molecular formula is C22H27N3O5. The second-order valence-corrected chi connectivity index (χ2v) is 6.87. The first kappa shape index (κ1) is 21.4. The van der Waals surface area contributed by atoms with Crippen LogP contribution in [-0.4, -0.2) is 51.8 Å². The largest absolute Gasteiger partial charge is 0.497 e. The predicted molar refractivity (Wildman–Crippen MR) is 114 cm³/mol. The minimum Gasteiger partial charge on any atom is -0.497 e. The topological polar surface area (TPSA) is 103 Å². The van der Waals surface area contributed by atoms with Crippen molar-refractivity contribution >= 4 is 23.2 Å². The van der Waals surface area contributed by atoms with E-state index in [9.17, 15) is 9.59 Å². The van der Waals surface area contributed by atoms with Crippen LogP contribution in [0.2, 0.25) is 0 Å². The summed E-state index contributed by atoms with van der Waals surface area (Å²) in [6.45, 7) is 3.18. The SMILES string of the molecule is COc1ccc(OCCCC(=O)Nc2ccc(N3CCOCC3)cc2C(N)=O)cc1. The number of nitrogens with one attached hydrogen (secondary N) is 1. The maximum atomic E-state index is 12.3. The van der Waals surface area contributed by atoms with Gasteiger partial charge in [-0.3, -0.25) is 9.59 Å². The smallest absolute Gasteiger partial charge is 0.250 e. The molecule has 0 bridgehead atoms. The van der Waals surface area contributed by atoms with E-state index in [1.54, 1.807) is 19.2 Å². The van der Waals surface area contributed by atoms with Gasteiger partial charge < -0.3 is 30.2 Å². The Balaban J connectivity index is 1.51. The molecule has 1 fully saturated rings. The van der Waals surface area contributed by atoms with Crippen LogP contribution in [0.15, 0.2) is 42.5 Å². The summed E-state index contributed by atoms with van der Waals surface area (Å²) in [6.07, 6.45) is 0.801. The van der Waals surface area contributed by atoms with Crippen molar-refractivity contribution in [3.05, 3.63) is 48.0 Å². The van der Waals surface area contributed by atoms with E-state index in [0.717, 1.165) is 24.5 Å². The number of morpholine rings is 1. The van der Waals surface area contributed by atoms with Gasteiger partial charge >= 0.3 is 0 Å². The van der Waals surface area contributed by atoms with Crippen molar-refractivity contribution < 1.29 is 23.8 Å². The molecule has 2 amide bonds. The van der Waals surface area contributed by atoms with Gasteiger partial charge in [0.2, 0.25) is 5.91 Å². The van der Waals surface area contributed by atoms with Crippen molar-refractivity contribution in [3.8, 4) is 11.5 Å². The third kappa shape index (κ3) is 5.87. The minimum atomic E-state index is -0.580. The van der Waals surface area contributed by atoms with Crippen LogP contribution in [0.1, 0.15) is 23.2 Å². The first-order valence-electron chi connectivity index (χ1n) is 9.90. The van der Waals surface area contributed by atoms with Crippen molar-refractivity contribution in [1.82, 2.24) is 0 Å². The lowest BCUT2D eigenvalue weighted by molar-refractivity contribution is -0.116. The summed E-state index contributed by atoms with van der Waals surface area (Å²) in [4.78, 5) is 26.3. The molecule has 160 valence electrons. The van der Waals surface area contributed by atoms with Crippen LogP contribution in [-0.2, 0) is 9.53 Å². The summed E-state index contributed by atoms with van der Waals surface area (Å²) in [6, 6.07) is 12.6. The van der Waals surface area contributed by atoms with Gasteiger partial charge in [0.1, 0.15) is 11.5 Å². The van der Waals surface area contributed by atoms with E-state index in [-0.39, 0.29) is 12.3 Å². The molecule has 0 saturated carbocycles. The molecule has 2 aromatic rings. The maximum absolute atomic E-state index is 12.3. The van der Waals surface area contributed by atoms with Crippen molar-refractivity contribution in [3.63, 3.8) is 0 Å². The second-order valence-electron chi connectivity index (χ2n) is 6.87. The molecular weight excluding hydrogens is 386 g/mol. The fourth-order valence-electron chi connectivity index (χ4n) is 3.17. The van der Waals surface area contributed by atoms with Crippen molar-refractivity contribution in [2.24, 2.45) is 5.73 Å². The molecule has 30 heavy (non-hydrogen) atoms. The van der Waals surface area contributed by atoms with E-state index < -0.39 is 5.91 Å². The Bertz CT molecular complexity index is 864. The summed E-state index contributed by atoms with van der Waals surface area (Å²) in [5.74, 6) is 0.691. The highest BCUT2D eigenvalue weighted by molar-refractivity contribution is 6.03. The van der Waals surface area contributed by atoms with Gasteiger partial charge in [0, 0.05) is 25.2 Å². The number of methoxy groups -OCH3 is 1. The van der Waals surface area contributed by atoms with Gasteiger partial charge in [-0.15, -0.1) is 0 Å². The third-order valence-electron chi connectivity index (χ3n) is 4.80. The Hall–Kier alpha value is -3.26. The number of anilines is 2. The predicted octanol–water partition coefficient (Wildman–Crippen LogP) is 2.43. The number of ether oxygens (including phenoxy) is 3. The first-order valence-corrected chi connectivity index (χ1v) is 9.90. The molecule has 0 unspecified atom stereocenters. The molecule has 1 heterocycles. The Kier molecular flexibility index (Phi) is 7.51. The normalized spacial score (nSPS) is 13.6. The van der Waals surface area contributed by atoms with Gasteiger partial charge in [-0.05, 0) is 48.9 Å². The molecule has 2 aromatic carbocycles. The van der Waals surface area contributed by atoms with E-state index in [2.05, 4.69) is 10.2 Å². The molecule has 1 aliphatic rings. The van der Waals surface area contributed by atoms with Gasteiger partial charge in [-0.25, -0.2) is 0 Å². The number of carbonyl (C=O) groups is 2. The average Bonchev–Trinajstić information content (AvgIpc) is 2.78. The second kappa shape index (κ2) is 10.5. The van der Waals surface area contributed by atoms with Crippen molar-refractivity contribution in [1.29, 1.82) is 0 Å². The first-order chi connectivity index (χ1) is 14.6. The van der Waals surface area contributed by atoms with Gasteiger partial charge in [0.05, 0.1) is 38.2 Å². The van der Waals surface area contributed by atoms with Crippen LogP contribution in [0.25, 0.3) is 0 Å². The Morgan fingerprint density at radius 1 is 1.10 bits per heavy atom. The summed E-state index contributed by atoms with van der Waals surface area (Å²) in [5, 5.41) is 2.78. The molecule has 0 spiro atoms. The lowest BCUT2D eigenvalue weighted by Crippen LogP contribution is -2.36. The number of rotatable bonds is 9. The fourth-order valence-corrected chi connectivity index (χ4v) is 3.17. The lowest BCUT2D eigenvalue weighted by atomic mass is 10.1. The quantitative estimate of drug-likeness (QED) is 0.612. The summed E-state index contributed by atoms with van der Waals surface area (Å²) < 4.78 is 16.1. The van der Waals surface area contributed by atoms with Crippen molar-refractivity contribution in [2.45, 2.75) is 12.8 Å². The third-order valence-corrected chi connectivity index (χ3v) is 4.80. The molecule has 8 nitrogen and oxygen atoms in total. The zero-order valence-electron chi connectivity index (χ0n) is 17.1. The van der Waals surface area contributed by atoms with E-state index >= 15 is 0 Å². The minimum absolute atomic E-state index is 0.199. The van der Waals surface area contributed by atoms with Crippen LogP contribution >= 0.6 is 0 Å². The number of carbonyl (C=O) groups excluding carboxylic acids is 2. The highest BCUT2D eigenvalue weighted by Gasteiger charge is 2.16. The standard InChI is InChI=1S/C22H27N3O5/c1-28-17-5-7-18(8-6-17)30-12-2-3-21(26)24-20-9-4-16(15-19(20)22(23)27)25-10-13-29-14-11-25/h4-9,15H,2-3,10-14H2,1H3,(H2,23,27)(H,24,26). The number of hydrogen-bond donors (Lipinski definition) is 2. The van der Waals surface area contributed by atoms with Gasteiger partial charge in [-0.1, -0.05) is 0 Å². The maximum Gasteiger partial charge on any atom is 0.250 e. The van der Waals surface area contributed by atoms with Crippen LogP contribution in [0.3, 0.4) is 0 Å². The molecule has 0 aliphatic carbocycles. The zero-order valence-corrected chi connectivity index (χ0v) is 17.1. The number of amides is 2. The summed E-state index contributed by atoms with van der Waals surface area (Å²) >= 11 is 0. The molecule has 0 radical (unpaired) electrons. The van der Waals surface area contributed by atoms with E-state index in [0.29, 0.717) is 43.2 Å². The van der Waals surface area contributed by atoms with E-state index in [4.69, 9.17) is 19.9 Å². The van der Waals surface area contributed by atoms with Crippen LogP contribution in [0.5, 0.6) is 11.5 Å². The molecule has 1 aliphatic heterocycles. The van der Waals surface area contributed by atoms with Gasteiger partial charge in [0.25, 0.3) is 5.91 Å². The zero-order chi connectivity index (χ0) is 21.3. The van der Waals surface area contributed by atoms with Crippen LogP contribution in [0, 0.1) is 0 Å². The number of hydrogen-bond acceptors (Lipinski definition) is 6. The van der Waals surface area contributed by atoms with Gasteiger partial charge in [0.15, 0.2) is 0 Å². The van der Waals surface area contributed by atoms with Crippen molar-refractivity contribution in [2.75, 3.05) is 50.2 Å². The van der Waals surface area contributed by atoms with Crippen LogP contribution < -0.4 is 25.4 Å². The molecule has 0 atom stereocenters. The molecule has 8 heteroatoms. The molecule has 1 saturated heterocycles. The fraction of sp³-hybridized carbons (Fsp3) is 0.364. The summed E-state index contributed by atoms with van der Waals surface area (Å²) in [5.41, 5.74) is 7.13. The lowest BCUT2D eigenvalue weighted by Gasteiger charge is -2.29. The molecule has 3 N–H and O–H groups in total. The number of nitrogens with two attached hydrogens (primary N) is 1.